The van der Waals surface area contributed by atoms with Gasteiger partial charge in [0.05, 0.1) is 6.20 Å². The van der Waals surface area contributed by atoms with Crippen LogP contribution in [0.3, 0.4) is 0 Å². The Balaban J connectivity index is 1.85. The van der Waals surface area contributed by atoms with E-state index in [-0.39, 0.29) is 23.9 Å². The molecule has 0 bridgehead atoms. The Hall–Kier alpha value is -2.89. The third-order valence-corrected chi connectivity index (χ3v) is 3.11. The van der Waals surface area contributed by atoms with Gasteiger partial charge in [-0.05, 0) is 29.8 Å². The van der Waals surface area contributed by atoms with Crippen LogP contribution in [0, 0.1) is 17.5 Å². The smallest absolute Gasteiger partial charge is 0.317 e. The molecule has 0 radical (unpaired) electrons. The van der Waals surface area contributed by atoms with Gasteiger partial charge in [-0.25, -0.2) is 18.2 Å². The highest BCUT2D eigenvalue weighted by atomic mass is 19.1. The summed E-state index contributed by atoms with van der Waals surface area (Å²) in [5, 5.41) is 0. The summed E-state index contributed by atoms with van der Waals surface area (Å²) >= 11 is 0. The first-order valence-corrected chi connectivity index (χ1v) is 6.78. The SMILES string of the molecule is Fc1cccc(COc2ncc(F)c(-c3ccccc3F)n2)c1. The van der Waals surface area contributed by atoms with Crippen molar-refractivity contribution in [3.8, 4) is 17.3 Å². The summed E-state index contributed by atoms with van der Waals surface area (Å²) in [6.07, 6.45) is 0.912. The van der Waals surface area contributed by atoms with Crippen LogP contribution in [0.25, 0.3) is 11.3 Å². The van der Waals surface area contributed by atoms with Crippen molar-refractivity contribution in [1.29, 1.82) is 0 Å². The van der Waals surface area contributed by atoms with E-state index in [4.69, 9.17) is 4.74 Å². The Morgan fingerprint density at radius 1 is 0.913 bits per heavy atom. The van der Waals surface area contributed by atoms with Crippen molar-refractivity contribution in [3.05, 3.63) is 77.7 Å². The summed E-state index contributed by atoms with van der Waals surface area (Å²) in [6, 6.07) is 11.4. The molecule has 0 amide bonds. The maximum Gasteiger partial charge on any atom is 0.317 e. The average molecular weight is 316 g/mol. The molecule has 0 aliphatic heterocycles. The fourth-order valence-corrected chi connectivity index (χ4v) is 2.04. The lowest BCUT2D eigenvalue weighted by Gasteiger charge is -2.08. The fraction of sp³-hybridized carbons (Fsp3) is 0.0588. The minimum Gasteiger partial charge on any atom is -0.459 e. The predicted molar refractivity (Wildman–Crippen MR) is 78.1 cm³/mol. The third-order valence-electron chi connectivity index (χ3n) is 3.11. The van der Waals surface area contributed by atoms with Gasteiger partial charge in [-0.2, -0.15) is 4.98 Å². The van der Waals surface area contributed by atoms with E-state index in [1.165, 1.54) is 30.3 Å². The van der Waals surface area contributed by atoms with Gasteiger partial charge in [0.15, 0.2) is 5.82 Å². The van der Waals surface area contributed by atoms with Gasteiger partial charge in [0.25, 0.3) is 0 Å². The Kier molecular flexibility index (Phi) is 4.23. The average Bonchev–Trinajstić information content (AvgIpc) is 2.55. The van der Waals surface area contributed by atoms with E-state index >= 15 is 0 Å². The first kappa shape index (κ1) is 15.0. The van der Waals surface area contributed by atoms with E-state index in [9.17, 15) is 13.2 Å². The minimum absolute atomic E-state index is 0.0140. The largest absolute Gasteiger partial charge is 0.459 e. The van der Waals surface area contributed by atoms with E-state index in [0.717, 1.165) is 6.20 Å². The molecule has 6 heteroatoms. The first-order chi connectivity index (χ1) is 11.1. The molecule has 0 atom stereocenters. The quantitative estimate of drug-likeness (QED) is 0.725. The molecule has 23 heavy (non-hydrogen) atoms. The van der Waals surface area contributed by atoms with Crippen molar-refractivity contribution in [2.24, 2.45) is 0 Å². The second-order valence-electron chi connectivity index (χ2n) is 4.75. The van der Waals surface area contributed by atoms with Gasteiger partial charge in [0.1, 0.15) is 23.9 Å². The normalized spacial score (nSPS) is 10.6. The number of aromatic nitrogens is 2. The molecular formula is C17H11F3N2O. The number of ether oxygens (including phenoxy) is 1. The molecule has 1 aromatic heterocycles. The van der Waals surface area contributed by atoms with Crippen LogP contribution in [-0.4, -0.2) is 9.97 Å². The van der Waals surface area contributed by atoms with Crippen molar-refractivity contribution < 1.29 is 17.9 Å². The summed E-state index contributed by atoms with van der Waals surface area (Å²) < 4.78 is 46.1. The Labute approximate surface area is 130 Å². The van der Waals surface area contributed by atoms with Crippen molar-refractivity contribution in [2.75, 3.05) is 0 Å². The molecule has 2 aromatic carbocycles. The van der Waals surface area contributed by atoms with Crippen LogP contribution >= 0.6 is 0 Å². The molecule has 0 N–H and O–H groups in total. The molecule has 0 aliphatic carbocycles. The van der Waals surface area contributed by atoms with Gasteiger partial charge in [0.2, 0.25) is 0 Å². The molecule has 3 rings (SSSR count). The molecule has 0 saturated heterocycles. The molecule has 116 valence electrons. The van der Waals surface area contributed by atoms with Gasteiger partial charge < -0.3 is 4.74 Å². The monoisotopic (exact) mass is 316 g/mol. The lowest BCUT2D eigenvalue weighted by molar-refractivity contribution is 0.279. The van der Waals surface area contributed by atoms with Crippen molar-refractivity contribution >= 4 is 0 Å². The summed E-state index contributed by atoms with van der Waals surface area (Å²) in [6.45, 7) is 0.0140. The van der Waals surface area contributed by atoms with E-state index in [1.807, 2.05) is 0 Å². The lowest BCUT2D eigenvalue weighted by atomic mass is 10.1. The summed E-state index contributed by atoms with van der Waals surface area (Å²) in [5.41, 5.74) is 0.403. The molecular weight excluding hydrogens is 305 g/mol. The van der Waals surface area contributed by atoms with Gasteiger partial charge in [0, 0.05) is 5.56 Å². The zero-order valence-corrected chi connectivity index (χ0v) is 11.8. The molecule has 3 aromatic rings. The minimum atomic E-state index is -0.756. The number of rotatable bonds is 4. The molecule has 3 nitrogen and oxygen atoms in total. The van der Waals surface area contributed by atoms with E-state index in [0.29, 0.717) is 5.56 Å². The highest BCUT2D eigenvalue weighted by molar-refractivity contribution is 5.60. The zero-order chi connectivity index (χ0) is 16.2. The van der Waals surface area contributed by atoms with E-state index in [1.54, 1.807) is 18.2 Å². The van der Waals surface area contributed by atoms with Gasteiger partial charge in [-0.15, -0.1) is 0 Å². The molecule has 0 unspecified atom stereocenters. The van der Waals surface area contributed by atoms with Gasteiger partial charge in [-0.3, -0.25) is 0 Å². The van der Waals surface area contributed by atoms with Gasteiger partial charge in [-0.1, -0.05) is 24.3 Å². The lowest BCUT2D eigenvalue weighted by Crippen LogP contribution is -2.02. The number of hydrogen-bond acceptors (Lipinski definition) is 3. The number of benzene rings is 2. The molecule has 1 heterocycles. The molecule has 0 saturated carbocycles. The standard InChI is InChI=1S/C17H11F3N2O/c18-12-5-3-4-11(8-12)10-23-17-21-9-15(20)16(22-17)13-6-1-2-7-14(13)19/h1-9H,10H2. The van der Waals surface area contributed by atoms with Crippen LogP contribution in [0.15, 0.2) is 54.7 Å². The second kappa shape index (κ2) is 6.48. The van der Waals surface area contributed by atoms with Crippen molar-refractivity contribution in [1.82, 2.24) is 9.97 Å². The first-order valence-electron chi connectivity index (χ1n) is 6.78. The Morgan fingerprint density at radius 3 is 2.52 bits per heavy atom. The number of halogens is 3. The second-order valence-corrected chi connectivity index (χ2v) is 4.75. The van der Waals surface area contributed by atoms with Crippen LogP contribution < -0.4 is 4.74 Å². The Bertz CT molecular complexity index is 840. The number of nitrogens with zero attached hydrogens (tertiary/aromatic N) is 2. The maximum atomic E-state index is 13.9. The fourth-order valence-electron chi connectivity index (χ4n) is 2.04. The summed E-state index contributed by atoms with van der Waals surface area (Å²) in [4.78, 5) is 7.61. The van der Waals surface area contributed by atoms with Crippen LogP contribution in [0.5, 0.6) is 6.01 Å². The molecule has 0 spiro atoms. The summed E-state index contributed by atoms with van der Waals surface area (Å²) in [7, 11) is 0. The van der Waals surface area contributed by atoms with Gasteiger partial charge >= 0.3 is 6.01 Å². The van der Waals surface area contributed by atoms with Crippen LogP contribution in [0.2, 0.25) is 0 Å². The number of hydrogen-bond donors (Lipinski definition) is 0. The predicted octanol–water partition coefficient (Wildman–Crippen LogP) is 4.14. The topological polar surface area (TPSA) is 35.0 Å². The molecule has 0 fully saturated rings. The van der Waals surface area contributed by atoms with Crippen LogP contribution in [0.1, 0.15) is 5.56 Å². The highest BCUT2D eigenvalue weighted by Crippen LogP contribution is 2.24. The van der Waals surface area contributed by atoms with E-state index < -0.39 is 17.5 Å². The van der Waals surface area contributed by atoms with Crippen LogP contribution in [0.4, 0.5) is 13.2 Å². The molecule has 0 aliphatic rings. The van der Waals surface area contributed by atoms with Crippen LogP contribution in [-0.2, 0) is 6.61 Å². The highest BCUT2D eigenvalue weighted by Gasteiger charge is 2.14. The van der Waals surface area contributed by atoms with E-state index in [2.05, 4.69) is 9.97 Å². The van der Waals surface area contributed by atoms with Crippen molar-refractivity contribution in [3.63, 3.8) is 0 Å². The third kappa shape index (κ3) is 3.48. The summed E-state index contributed by atoms with van der Waals surface area (Å²) in [5.74, 6) is -1.74. The van der Waals surface area contributed by atoms with Crippen molar-refractivity contribution in [2.45, 2.75) is 6.61 Å². The zero-order valence-electron chi connectivity index (χ0n) is 11.8. The maximum absolute atomic E-state index is 13.9. The Morgan fingerprint density at radius 2 is 1.74 bits per heavy atom.